The highest BCUT2D eigenvalue weighted by Gasteiger charge is 2.73. The number of fused-ring (bicyclic) bond motifs is 7. The smallest absolute Gasteiger partial charge is 0.220 e. The van der Waals surface area contributed by atoms with Gasteiger partial charge in [0.05, 0.1) is 18.1 Å². The third-order valence-electron chi connectivity index (χ3n) is 18.3. The van der Waals surface area contributed by atoms with E-state index in [4.69, 9.17) is 4.74 Å². The normalized spacial score (nSPS) is 40.6. The number of nitrogens with zero attached hydrogens (tertiary/aromatic N) is 2. The van der Waals surface area contributed by atoms with Gasteiger partial charge in [-0.2, -0.15) is 0 Å². The summed E-state index contributed by atoms with van der Waals surface area (Å²) >= 11 is 0. The average molecular weight is 739 g/mol. The quantitative estimate of drug-likeness (QED) is 0.212. The van der Waals surface area contributed by atoms with Crippen LogP contribution in [-0.2, 0) is 4.74 Å². The Kier molecular flexibility index (Phi) is 8.68. The molecule has 0 radical (unpaired) electrons. The number of allylic oxidation sites excluding steroid dienone is 8. The van der Waals surface area contributed by atoms with Crippen molar-refractivity contribution in [3.8, 4) is 0 Å². The molecule has 0 aromatic rings. The lowest BCUT2D eigenvalue weighted by Gasteiger charge is -2.60. The molecule has 0 N–H and O–H groups in total. The lowest BCUT2D eigenvalue weighted by atomic mass is 9.25. The van der Waals surface area contributed by atoms with Crippen molar-refractivity contribution in [3.05, 3.63) is 82.2 Å². The first kappa shape index (κ1) is 36.1. The summed E-state index contributed by atoms with van der Waals surface area (Å²) in [5, 5.41) is 0. The van der Waals surface area contributed by atoms with E-state index in [1.165, 1.54) is 122 Å². The van der Waals surface area contributed by atoms with Crippen LogP contribution < -0.4 is 0 Å². The van der Waals surface area contributed by atoms with E-state index < -0.39 is 0 Å². The Hall–Kier alpha value is -2.04. The first-order chi connectivity index (χ1) is 26.7. The minimum Gasteiger partial charge on any atom is -0.376 e. The molecule has 9 unspecified atom stereocenters. The molecule has 9 atom stereocenters. The second-order valence-corrected chi connectivity index (χ2v) is 22.1. The van der Waals surface area contributed by atoms with Crippen molar-refractivity contribution in [1.29, 1.82) is 0 Å². The van der Waals surface area contributed by atoms with Gasteiger partial charge in [0.15, 0.2) is 0 Å². The maximum Gasteiger partial charge on any atom is 0.220 e. The second kappa shape index (κ2) is 13.2. The molecule has 0 bridgehead atoms. The predicted octanol–water partition coefficient (Wildman–Crippen LogP) is 12.3. The van der Waals surface area contributed by atoms with Gasteiger partial charge in [-0.15, -0.1) is 0 Å². The lowest BCUT2D eigenvalue weighted by molar-refractivity contribution is -0.00294. The summed E-state index contributed by atoms with van der Waals surface area (Å²) < 4.78 is 7.74. The highest BCUT2D eigenvalue weighted by atomic mass is 16.5. The van der Waals surface area contributed by atoms with Gasteiger partial charge in [0.25, 0.3) is 0 Å². The van der Waals surface area contributed by atoms with Gasteiger partial charge in [-0.25, -0.2) is 0 Å². The molecule has 3 nitrogen and oxygen atoms in total. The zero-order valence-corrected chi connectivity index (χ0v) is 35.2. The first-order valence-corrected chi connectivity index (χ1v) is 23.8. The van der Waals surface area contributed by atoms with E-state index in [1.54, 1.807) is 28.0 Å². The van der Waals surface area contributed by atoms with Crippen LogP contribution in [0.5, 0.6) is 0 Å². The van der Waals surface area contributed by atoms with Crippen molar-refractivity contribution >= 4 is 6.71 Å². The Balaban J connectivity index is 1.14. The Morgan fingerprint density at radius 2 is 1.65 bits per heavy atom. The van der Waals surface area contributed by atoms with Gasteiger partial charge < -0.3 is 9.64 Å². The summed E-state index contributed by atoms with van der Waals surface area (Å²) in [6.07, 6.45) is 47.2. The van der Waals surface area contributed by atoms with Crippen LogP contribution in [0.2, 0.25) is 5.82 Å². The number of rotatable bonds is 3. The summed E-state index contributed by atoms with van der Waals surface area (Å²) in [5.41, 5.74) is 10.9. The minimum atomic E-state index is 0.142. The average Bonchev–Trinajstić information content (AvgIpc) is 3.67. The summed E-state index contributed by atoms with van der Waals surface area (Å²) in [6, 6.07) is 1.68. The highest BCUT2D eigenvalue weighted by Crippen LogP contribution is 2.70. The Bertz CT molecular complexity index is 1780. The lowest BCUT2D eigenvalue weighted by Crippen LogP contribution is -2.69. The fourth-order valence-electron chi connectivity index (χ4n) is 15.8. The van der Waals surface area contributed by atoms with Gasteiger partial charge in [0.1, 0.15) is 0 Å². The topological polar surface area (TPSA) is 15.7 Å². The van der Waals surface area contributed by atoms with Crippen LogP contribution in [0.3, 0.4) is 0 Å². The number of hydrogen-bond donors (Lipinski definition) is 0. The molecule has 0 aromatic heterocycles. The molecule has 11 rings (SSSR count). The van der Waals surface area contributed by atoms with Gasteiger partial charge >= 0.3 is 0 Å². The first-order valence-electron chi connectivity index (χ1n) is 23.8. The van der Waals surface area contributed by atoms with Crippen LogP contribution in [0.25, 0.3) is 0 Å². The molecule has 5 fully saturated rings. The van der Waals surface area contributed by atoms with Crippen LogP contribution >= 0.6 is 0 Å². The molecule has 294 valence electrons. The molecular formula is C51H71BN2O. The van der Waals surface area contributed by atoms with E-state index >= 15 is 0 Å². The molecule has 0 amide bonds. The van der Waals surface area contributed by atoms with E-state index in [2.05, 4.69) is 93.0 Å². The van der Waals surface area contributed by atoms with Gasteiger partial charge in [-0.3, -0.25) is 4.90 Å². The zero-order valence-electron chi connectivity index (χ0n) is 35.2. The summed E-state index contributed by atoms with van der Waals surface area (Å²) in [6.45, 7) is 13.5. The number of hydrogen-bond acceptors (Lipinski definition) is 3. The predicted molar refractivity (Wildman–Crippen MR) is 228 cm³/mol. The van der Waals surface area contributed by atoms with Crippen LogP contribution in [0.4, 0.5) is 0 Å². The fourth-order valence-corrected chi connectivity index (χ4v) is 15.8. The van der Waals surface area contributed by atoms with Crippen LogP contribution in [0.15, 0.2) is 82.2 Å². The van der Waals surface area contributed by atoms with E-state index in [0.29, 0.717) is 47.9 Å². The van der Waals surface area contributed by atoms with Gasteiger partial charge in [-0.1, -0.05) is 118 Å². The third kappa shape index (κ3) is 5.33. The monoisotopic (exact) mass is 739 g/mol. The second-order valence-electron chi connectivity index (χ2n) is 22.1. The van der Waals surface area contributed by atoms with E-state index in [9.17, 15) is 0 Å². The van der Waals surface area contributed by atoms with Crippen molar-refractivity contribution in [2.45, 2.75) is 198 Å². The Labute approximate surface area is 335 Å². The molecule has 0 aromatic carbocycles. The number of ether oxygens (including phenoxy) is 1. The molecule has 2 saturated carbocycles. The van der Waals surface area contributed by atoms with Crippen molar-refractivity contribution in [1.82, 2.24) is 9.80 Å². The molecule has 4 heterocycles. The largest absolute Gasteiger partial charge is 0.376 e. The minimum absolute atomic E-state index is 0.142. The maximum atomic E-state index is 7.74. The van der Waals surface area contributed by atoms with E-state index in [1.807, 2.05) is 5.57 Å². The summed E-state index contributed by atoms with van der Waals surface area (Å²) in [4.78, 5) is 6.27. The van der Waals surface area contributed by atoms with Crippen molar-refractivity contribution in [2.24, 2.45) is 34.5 Å². The summed E-state index contributed by atoms with van der Waals surface area (Å²) in [5.74, 6) is 3.09. The molecule has 1 spiro atoms. The zero-order chi connectivity index (χ0) is 37.3. The van der Waals surface area contributed by atoms with Crippen LogP contribution in [0.1, 0.15) is 157 Å². The molecule has 7 aliphatic carbocycles. The molecule has 4 heteroatoms. The van der Waals surface area contributed by atoms with Crippen LogP contribution in [-0.4, -0.2) is 52.3 Å². The van der Waals surface area contributed by atoms with Crippen molar-refractivity contribution < 1.29 is 4.74 Å². The molecule has 55 heavy (non-hydrogen) atoms. The van der Waals surface area contributed by atoms with Gasteiger partial charge in [0, 0.05) is 40.9 Å². The SMILES string of the molecule is CC(C)(C)C1=CC2=C3B(C4C=C(C5CCCCC5)CC5C4N(C3C1)C(C)(C)C51CCCCC1)C1OC3C=CC(C4C=CCCC4)=CC3C1N2C1=CCCCC1. The van der Waals surface area contributed by atoms with E-state index in [0.717, 1.165) is 11.8 Å². The standard InChI is InChI=1S/C51H71BN2O/c1-49(2,3)37-31-42-45-43(32-37)54-47-40(51(50(54,4)5)26-16-9-17-27-51)29-36(34-20-12-7-13-21-34)30-41(47)52(45)48-46(53(42)38-22-14-8-15-23-38)39-28-35(24-25-44(39)55-48)33-18-10-6-11-19-33/h10,18,22,24-25,28,30-31,33-34,39-41,43-44,46-48H,6-9,11-17,19-21,23,26-27,29,32H2,1-5H3. The Morgan fingerprint density at radius 3 is 2.40 bits per heavy atom. The van der Waals surface area contributed by atoms with Gasteiger partial charge in [-0.05, 0) is 137 Å². The van der Waals surface area contributed by atoms with Crippen molar-refractivity contribution in [2.75, 3.05) is 0 Å². The molecule has 11 aliphatic rings. The summed E-state index contributed by atoms with van der Waals surface area (Å²) in [7, 11) is 0. The molecular weight excluding hydrogens is 667 g/mol. The van der Waals surface area contributed by atoms with Crippen molar-refractivity contribution in [3.63, 3.8) is 0 Å². The molecule has 3 saturated heterocycles. The van der Waals surface area contributed by atoms with Crippen LogP contribution in [0, 0.1) is 34.5 Å². The Morgan fingerprint density at radius 1 is 0.836 bits per heavy atom. The fraction of sp³-hybridized carbons (Fsp3) is 0.725. The van der Waals surface area contributed by atoms with E-state index in [-0.39, 0.29) is 23.1 Å². The highest BCUT2D eigenvalue weighted by molar-refractivity contribution is 6.71. The van der Waals surface area contributed by atoms with Gasteiger partial charge in [0.2, 0.25) is 6.71 Å². The maximum absolute atomic E-state index is 7.74. The third-order valence-corrected chi connectivity index (χ3v) is 18.3. The molecule has 4 aliphatic heterocycles.